The Labute approximate surface area is 229 Å². The van der Waals surface area contributed by atoms with E-state index in [0.29, 0.717) is 17.4 Å². The number of nitrogens with one attached hydrogen (secondary N) is 1. The van der Waals surface area contributed by atoms with Crippen molar-refractivity contribution in [1.29, 1.82) is 0 Å². The van der Waals surface area contributed by atoms with E-state index in [2.05, 4.69) is 5.32 Å². The molecule has 0 saturated heterocycles. The van der Waals surface area contributed by atoms with Gasteiger partial charge in [-0.1, -0.05) is 61.0 Å². The van der Waals surface area contributed by atoms with Crippen LogP contribution < -0.4 is 10.2 Å². The maximum Gasteiger partial charge on any atom is 0.240 e. The largest absolute Gasteiger partial charge is 0.355 e. The normalized spacial score (nSPS) is 15.4. The Bertz CT molecular complexity index is 1430. The van der Waals surface area contributed by atoms with Gasteiger partial charge in [-0.2, -0.15) is 5.10 Å². The standard InChI is InChI=1S/C28H27ClN4O2S2/c1-3-14-30-23(34)16-32-24(35)17-37-27(19-10-5-6-11-20(19)29)25-26(22-13-8-15-36-22)31-33(28(25)32)21-12-7-4-9-18(21)2/h4-13,15,27H,3,14,16-17H2,1-2H3,(H,30,34). The number of fused-ring (bicyclic) bond motifs is 1. The number of thiophene rings is 1. The van der Waals surface area contributed by atoms with E-state index in [1.54, 1.807) is 16.2 Å². The van der Waals surface area contributed by atoms with Gasteiger partial charge in [0.25, 0.3) is 0 Å². The maximum atomic E-state index is 13.7. The fourth-order valence-electron chi connectivity index (χ4n) is 4.48. The summed E-state index contributed by atoms with van der Waals surface area (Å²) in [4.78, 5) is 29.2. The molecule has 2 aromatic heterocycles. The van der Waals surface area contributed by atoms with Gasteiger partial charge in [-0.05, 0) is 48.1 Å². The number of aryl methyl sites for hydroxylation is 1. The van der Waals surface area contributed by atoms with E-state index >= 15 is 0 Å². The predicted octanol–water partition coefficient (Wildman–Crippen LogP) is 6.26. The van der Waals surface area contributed by atoms with Crippen LogP contribution in [0.4, 0.5) is 5.82 Å². The third kappa shape index (κ3) is 5.06. The average Bonchev–Trinajstić information content (AvgIpc) is 3.53. The Hall–Kier alpha value is -3.07. The molecular weight excluding hydrogens is 524 g/mol. The summed E-state index contributed by atoms with van der Waals surface area (Å²) in [7, 11) is 0. The molecule has 37 heavy (non-hydrogen) atoms. The first kappa shape index (κ1) is 25.6. The van der Waals surface area contributed by atoms with Crippen molar-refractivity contribution in [3.05, 3.63) is 87.8 Å². The lowest BCUT2D eigenvalue weighted by Crippen LogP contribution is -2.42. The second-order valence-corrected chi connectivity index (χ2v) is 11.3. The van der Waals surface area contributed by atoms with E-state index in [9.17, 15) is 9.59 Å². The number of halogens is 1. The summed E-state index contributed by atoms with van der Waals surface area (Å²) < 4.78 is 1.83. The highest BCUT2D eigenvalue weighted by Crippen LogP contribution is 2.50. The molecule has 1 aliphatic heterocycles. The third-order valence-electron chi connectivity index (χ3n) is 6.25. The van der Waals surface area contributed by atoms with Crippen LogP contribution in [0, 0.1) is 6.92 Å². The minimum absolute atomic E-state index is 0.0803. The number of aromatic nitrogens is 2. The van der Waals surface area contributed by atoms with Crippen molar-refractivity contribution in [2.45, 2.75) is 25.5 Å². The molecule has 2 aromatic carbocycles. The molecule has 2 amide bonds. The Morgan fingerprint density at radius 2 is 1.92 bits per heavy atom. The minimum Gasteiger partial charge on any atom is -0.355 e. The van der Waals surface area contributed by atoms with Gasteiger partial charge in [0, 0.05) is 17.1 Å². The highest BCUT2D eigenvalue weighted by atomic mass is 35.5. The van der Waals surface area contributed by atoms with E-state index in [1.807, 2.05) is 84.6 Å². The first-order chi connectivity index (χ1) is 18.0. The van der Waals surface area contributed by atoms with Crippen LogP contribution in [-0.2, 0) is 9.59 Å². The molecule has 6 nitrogen and oxygen atoms in total. The second kappa shape index (κ2) is 11.1. The molecule has 5 rings (SSSR count). The lowest BCUT2D eigenvalue weighted by molar-refractivity contribution is -0.122. The van der Waals surface area contributed by atoms with Crippen LogP contribution in [0.15, 0.2) is 66.0 Å². The van der Waals surface area contributed by atoms with Crippen LogP contribution in [0.1, 0.15) is 35.3 Å². The number of thioether (sulfide) groups is 1. The Morgan fingerprint density at radius 3 is 2.65 bits per heavy atom. The number of benzene rings is 2. The number of hydrogen-bond acceptors (Lipinski definition) is 5. The molecule has 4 aromatic rings. The van der Waals surface area contributed by atoms with Crippen molar-refractivity contribution in [2.75, 3.05) is 23.7 Å². The molecule has 0 aliphatic carbocycles. The van der Waals surface area contributed by atoms with E-state index in [0.717, 1.165) is 39.4 Å². The fourth-order valence-corrected chi connectivity index (χ4v) is 6.75. The maximum absolute atomic E-state index is 13.7. The molecule has 0 fully saturated rings. The molecule has 190 valence electrons. The summed E-state index contributed by atoms with van der Waals surface area (Å²) in [5.41, 5.74) is 4.47. The molecule has 0 radical (unpaired) electrons. The predicted molar refractivity (Wildman–Crippen MR) is 153 cm³/mol. The quantitative estimate of drug-likeness (QED) is 0.295. The Kier molecular flexibility index (Phi) is 7.69. The van der Waals surface area contributed by atoms with E-state index < -0.39 is 0 Å². The van der Waals surface area contributed by atoms with Gasteiger partial charge in [0.05, 0.1) is 21.6 Å². The smallest absolute Gasteiger partial charge is 0.240 e. The van der Waals surface area contributed by atoms with Crippen molar-refractivity contribution in [3.8, 4) is 16.3 Å². The number of hydrogen-bond donors (Lipinski definition) is 1. The van der Waals surface area contributed by atoms with Gasteiger partial charge in [-0.3, -0.25) is 14.5 Å². The first-order valence-electron chi connectivity index (χ1n) is 12.2. The summed E-state index contributed by atoms with van der Waals surface area (Å²) >= 11 is 9.83. The average molecular weight is 551 g/mol. The highest BCUT2D eigenvalue weighted by Gasteiger charge is 2.38. The summed E-state index contributed by atoms with van der Waals surface area (Å²) in [5.74, 6) is 0.491. The number of amides is 2. The SMILES string of the molecule is CCCNC(=O)CN1C(=O)CSC(c2ccccc2Cl)c2c(-c3cccs3)nn(-c3ccccc3C)c21. The lowest BCUT2D eigenvalue weighted by Gasteiger charge is -2.23. The topological polar surface area (TPSA) is 67.2 Å². The molecule has 0 saturated carbocycles. The zero-order valence-corrected chi connectivity index (χ0v) is 23.0. The van der Waals surface area contributed by atoms with Crippen LogP contribution in [0.5, 0.6) is 0 Å². The van der Waals surface area contributed by atoms with Crippen molar-refractivity contribution >= 4 is 52.3 Å². The van der Waals surface area contributed by atoms with Gasteiger partial charge in [0.1, 0.15) is 18.1 Å². The summed E-state index contributed by atoms with van der Waals surface area (Å²) in [5, 5.41) is 10.4. The molecule has 1 N–H and O–H groups in total. The van der Waals surface area contributed by atoms with E-state index in [-0.39, 0.29) is 29.4 Å². The number of nitrogens with zero attached hydrogens (tertiary/aromatic N) is 3. The number of para-hydroxylation sites is 1. The molecule has 3 heterocycles. The third-order valence-corrected chi connectivity index (χ3v) is 8.71. The van der Waals surface area contributed by atoms with Crippen molar-refractivity contribution in [1.82, 2.24) is 15.1 Å². The van der Waals surface area contributed by atoms with Crippen molar-refractivity contribution < 1.29 is 9.59 Å². The molecule has 0 bridgehead atoms. The zero-order chi connectivity index (χ0) is 25.9. The molecular formula is C28H27ClN4O2S2. The summed E-state index contributed by atoms with van der Waals surface area (Å²) in [6.07, 6.45) is 0.818. The number of carbonyl (C=O) groups is 2. The molecule has 1 atom stereocenters. The molecule has 9 heteroatoms. The second-order valence-electron chi connectivity index (χ2n) is 8.80. The van der Waals surface area contributed by atoms with E-state index in [1.165, 1.54) is 11.8 Å². The fraction of sp³-hybridized carbons (Fsp3) is 0.250. The Balaban J connectivity index is 1.80. The number of carbonyl (C=O) groups excluding carboxylic acids is 2. The molecule has 0 spiro atoms. The van der Waals surface area contributed by atoms with Crippen molar-refractivity contribution in [2.24, 2.45) is 0 Å². The van der Waals surface area contributed by atoms with Crippen LogP contribution in [-0.4, -0.2) is 40.4 Å². The number of rotatable bonds is 7. The van der Waals surface area contributed by atoms with Gasteiger partial charge in [0.15, 0.2) is 0 Å². The van der Waals surface area contributed by atoms with E-state index in [4.69, 9.17) is 16.7 Å². The highest BCUT2D eigenvalue weighted by molar-refractivity contribution is 8.00. The van der Waals surface area contributed by atoms with Crippen LogP contribution in [0.3, 0.4) is 0 Å². The van der Waals surface area contributed by atoms with Crippen LogP contribution in [0.2, 0.25) is 5.02 Å². The van der Waals surface area contributed by atoms with Gasteiger partial charge < -0.3 is 5.32 Å². The summed E-state index contributed by atoms with van der Waals surface area (Å²) in [6.45, 7) is 4.50. The zero-order valence-electron chi connectivity index (χ0n) is 20.6. The van der Waals surface area contributed by atoms with Crippen LogP contribution in [0.25, 0.3) is 16.3 Å². The monoisotopic (exact) mass is 550 g/mol. The van der Waals surface area contributed by atoms with Gasteiger partial charge >= 0.3 is 0 Å². The minimum atomic E-state index is -0.244. The Morgan fingerprint density at radius 1 is 1.14 bits per heavy atom. The first-order valence-corrected chi connectivity index (χ1v) is 14.5. The molecule has 1 aliphatic rings. The van der Waals surface area contributed by atoms with Crippen molar-refractivity contribution in [3.63, 3.8) is 0 Å². The van der Waals surface area contributed by atoms with Gasteiger partial charge in [0.2, 0.25) is 11.8 Å². The van der Waals surface area contributed by atoms with Gasteiger partial charge in [-0.25, -0.2) is 4.68 Å². The lowest BCUT2D eigenvalue weighted by atomic mass is 10.0. The summed E-state index contributed by atoms with van der Waals surface area (Å²) in [6, 6.07) is 19.7. The molecule has 1 unspecified atom stereocenters. The number of anilines is 1. The van der Waals surface area contributed by atoms with Gasteiger partial charge in [-0.15, -0.1) is 23.1 Å². The van der Waals surface area contributed by atoms with Crippen LogP contribution >= 0.6 is 34.7 Å².